The molecular formula is C23H21BrF3N3O2S. The number of pyridine rings is 1. The lowest BCUT2D eigenvalue weighted by molar-refractivity contribution is -0.141. The highest BCUT2D eigenvalue weighted by Crippen LogP contribution is 2.41. The Bertz CT molecular complexity index is 1320. The van der Waals surface area contributed by atoms with Crippen molar-refractivity contribution in [3.63, 3.8) is 0 Å². The Balaban J connectivity index is 1.85. The first-order valence-electron chi connectivity index (χ1n) is 10.0. The Hall–Kier alpha value is -2.59. The summed E-state index contributed by atoms with van der Waals surface area (Å²) in [7, 11) is -4.04. The Morgan fingerprint density at radius 2 is 1.67 bits per heavy atom. The van der Waals surface area contributed by atoms with E-state index in [2.05, 4.69) is 26.2 Å². The minimum Gasteiger partial charge on any atom is -0.338 e. The van der Waals surface area contributed by atoms with Crippen LogP contribution in [0, 0.1) is 0 Å². The van der Waals surface area contributed by atoms with Gasteiger partial charge in [0.1, 0.15) is 11.5 Å². The van der Waals surface area contributed by atoms with Gasteiger partial charge in [-0.3, -0.25) is 4.31 Å². The van der Waals surface area contributed by atoms with Crippen LogP contribution in [-0.4, -0.2) is 13.4 Å². The number of benzene rings is 2. The minimum absolute atomic E-state index is 0.0332. The van der Waals surface area contributed by atoms with Crippen LogP contribution in [0.5, 0.6) is 0 Å². The molecule has 0 fully saturated rings. The highest BCUT2D eigenvalue weighted by molar-refractivity contribution is 9.10. The largest absolute Gasteiger partial charge is 0.433 e. The van der Waals surface area contributed by atoms with Gasteiger partial charge >= 0.3 is 6.18 Å². The molecule has 0 radical (unpaired) electrons. The topological polar surface area (TPSA) is 62.3 Å². The van der Waals surface area contributed by atoms with Gasteiger partial charge in [0.2, 0.25) is 0 Å². The molecule has 174 valence electrons. The molecule has 0 bridgehead atoms. The van der Waals surface area contributed by atoms with E-state index in [1.54, 1.807) is 42.5 Å². The molecule has 1 aliphatic heterocycles. The monoisotopic (exact) mass is 539 g/mol. The molecule has 4 rings (SSSR count). The molecule has 3 aromatic rings. The molecule has 1 aliphatic rings. The van der Waals surface area contributed by atoms with E-state index >= 15 is 0 Å². The maximum absolute atomic E-state index is 13.7. The van der Waals surface area contributed by atoms with E-state index in [1.807, 2.05) is 20.8 Å². The van der Waals surface area contributed by atoms with Crippen molar-refractivity contribution in [2.45, 2.75) is 43.8 Å². The summed E-state index contributed by atoms with van der Waals surface area (Å²) in [6.07, 6.45) is -4.62. The summed E-state index contributed by atoms with van der Waals surface area (Å²) in [6.45, 7) is 5.91. The second-order valence-corrected chi connectivity index (χ2v) is 11.6. The van der Waals surface area contributed by atoms with Gasteiger partial charge in [0.15, 0.2) is 0 Å². The summed E-state index contributed by atoms with van der Waals surface area (Å²) in [4.78, 5) is 3.81. The van der Waals surface area contributed by atoms with Crippen molar-refractivity contribution in [2.24, 2.45) is 0 Å². The summed E-state index contributed by atoms with van der Waals surface area (Å²) in [5, 5.41) is 2.89. The number of aromatic nitrogens is 1. The number of fused-ring (bicyclic) bond motifs is 2. The van der Waals surface area contributed by atoms with Gasteiger partial charge in [-0.2, -0.15) is 13.2 Å². The van der Waals surface area contributed by atoms with E-state index in [-0.39, 0.29) is 22.7 Å². The van der Waals surface area contributed by atoms with E-state index in [0.717, 1.165) is 11.6 Å². The van der Waals surface area contributed by atoms with Gasteiger partial charge in [-0.05, 0) is 47.4 Å². The predicted molar refractivity (Wildman–Crippen MR) is 125 cm³/mol. The van der Waals surface area contributed by atoms with Crippen LogP contribution in [0.4, 0.5) is 30.4 Å². The fourth-order valence-corrected chi connectivity index (χ4v) is 5.34. The fraction of sp³-hybridized carbons (Fsp3) is 0.261. The minimum atomic E-state index is -4.62. The van der Waals surface area contributed by atoms with Gasteiger partial charge < -0.3 is 5.32 Å². The molecule has 0 unspecified atom stereocenters. The summed E-state index contributed by atoms with van der Waals surface area (Å²) in [5.41, 5.74) is 0.741. The smallest absolute Gasteiger partial charge is 0.338 e. The Kier molecular flexibility index (Phi) is 5.73. The van der Waals surface area contributed by atoms with Crippen LogP contribution < -0.4 is 9.62 Å². The Labute approximate surface area is 198 Å². The van der Waals surface area contributed by atoms with Crippen molar-refractivity contribution in [3.05, 3.63) is 75.9 Å². The van der Waals surface area contributed by atoms with E-state index in [1.165, 1.54) is 10.4 Å². The lowest BCUT2D eigenvalue weighted by Crippen LogP contribution is -2.30. The van der Waals surface area contributed by atoms with Gasteiger partial charge in [0.05, 0.1) is 22.8 Å². The van der Waals surface area contributed by atoms with Gasteiger partial charge in [-0.25, -0.2) is 13.4 Å². The third kappa shape index (κ3) is 4.59. The molecule has 1 N–H and O–H groups in total. The molecular weight excluding hydrogens is 519 g/mol. The molecule has 2 heterocycles. The quantitative estimate of drug-likeness (QED) is 0.397. The van der Waals surface area contributed by atoms with Crippen LogP contribution in [0.1, 0.15) is 37.6 Å². The van der Waals surface area contributed by atoms with E-state index < -0.39 is 21.9 Å². The van der Waals surface area contributed by atoms with Gasteiger partial charge in [-0.15, -0.1) is 0 Å². The van der Waals surface area contributed by atoms with Crippen molar-refractivity contribution in [1.29, 1.82) is 0 Å². The predicted octanol–water partition coefficient (Wildman–Crippen LogP) is 6.61. The third-order valence-corrected chi connectivity index (χ3v) is 7.64. The maximum Gasteiger partial charge on any atom is 0.433 e. The third-order valence-electron chi connectivity index (χ3n) is 5.37. The van der Waals surface area contributed by atoms with Gasteiger partial charge in [0, 0.05) is 10.0 Å². The molecule has 0 atom stereocenters. The lowest BCUT2D eigenvalue weighted by Gasteiger charge is -2.25. The van der Waals surface area contributed by atoms with Crippen LogP contribution in [0.15, 0.2) is 64.0 Å². The van der Waals surface area contributed by atoms with Crippen LogP contribution in [0.25, 0.3) is 0 Å². The standard InChI is InChI=1S/C23H21BrF3N3O2S/c1-22(2,3)15-5-8-17(9-6-15)33(31,32)30-13-14-4-11-20(23(25,26)27)29-21(14)28-18-10-7-16(24)12-19(18)30/h4-12H,13H2,1-3H3,(H,28,29). The second kappa shape index (κ2) is 8.02. The molecule has 5 nitrogen and oxygen atoms in total. The highest BCUT2D eigenvalue weighted by atomic mass is 79.9. The molecule has 0 saturated heterocycles. The highest BCUT2D eigenvalue weighted by Gasteiger charge is 2.35. The number of nitrogens with one attached hydrogen (secondary N) is 1. The summed E-state index contributed by atoms with van der Waals surface area (Å²) >= 11 is 3.36. The molecule has 0 spiro atoms. The van der Waals surface area contributed by atoms with Crippen LogP contribution in [0.3, 0.4) is 0 Å². The number of nitrogens with zero attached hydrogens (tertiary/aromatic N) is 2. The molecule has 1 aromatic heterocycles. The van der Waals surface area contributed by atoms with Crippen molar-refractivity contribution in [1.82, 2.24) is 4.98 Å². The molecule has 0 aliphatic carbocycles. The maximum atomic E-state index is 13.7. The average Bonchev–Trinajstić information content (AvgIpc) is 2.89. The van der Waals surface area contributed by atoms with E-state index in [4.69, 9.17) is 0 Å². The number of sulfonamides is 1. The SMILES string of the molecule is CC(C)(C)c1ccc(S(=O)(=O)N2Cc3ccc(C(F)(F)F)nc3Nc3ccc(Br)cc32)cc1. The van der Waals surface area contributed by atoms with Crippen LogP contribution >= 0.6 is 15.9 Å². The first kappa shape index (κ1) is 23.6. The van der Waals surface area contributed by atoms with Crippen molar-refractivity contribution in [3.8, 4) is 0 Å². The normalized spacial score (nSPS) is 14.2. The second-order valence-electron chi connectivity index (χ2n) is 8.77. The van der Waals surface area contributed by atoms with Crippen LogP contribution in [0.2, 0.25) is 0 Å². The lowest BCUT2D eigenvalue weighted by atomic mass is 9.87. The van der Waals surface area contributed by atoms with E-state index in [9.17, 15) is 21.6 Å². The van der Waals surface area contributed by atoms with Crippen molar-refractivity contribution < 1.29 is 21.6 Å². The molecule has 10 heteroatoms. The zero-order valence-corrected chi connectivity index (χ0v) is 20.4. The zero-order valence-electron chi connectivity index (χ0n) is 18.0. The van der Waals surface area contributed by atoms with Gasteiger partial charge in [0.25, 0.3) is 10.0 Å². The summed E-state index contributed by atoms with van der Waals surface area (Å²) in [5.74, 6) is -0.0332. The van der Waals surface area contributed by atoms with Crippen molar-refractivity contribution in [2.75, 3.05) is 9.62 Å². The molecule has 2 aromatic carbocycles. The number of halogens is 4. The first-order valence-corrected chi connectivity index (χ1v) is 12.3. The molecule has 0 amide bonds. The average molecular weight is 540 g/mol. The van der Waals surface area contributed by atoms with Gasteiger partial charge in [-0.1, -0.05) is 54.9 Å². The molecule has 33 heavy (non-hydrogen) atoms. The van der Waals surface area contributed by atoms with Crippen molar-refractivity contribution >= 4 is 43.1 Å². The number of alkyl halides is 3. The van der Waals surface area contributed by atoms with E-state index in [0.29, 0.717) is 21.4 Å². The number of anilines is 3. The summed E-state index contributed by atoms with van der Waals surface area (Å²) < 4.78 is 68.8. The first-order chi connectivity index (χ1) is 15.3. The fourth-order valence-electron chi connectivity index (χ4n) is 3.53. The molecule has 0 saturated carbocycles. The Morgan fingerprint density at radius 1 is 1.00 bits per heavy atom. The number of hydrogen-bond donors (Lipinski definition) is 1. The summed E-state index contributed by atoms with van der Waals surface area (Å²) in [6, 6.07) is 13.6. The van der Waals surface area contributed by atoms with Crippen LogP contribution in [-0.2, 0) is 28.2 Å². The zero-order chi connectivity index (χ0) is 24.2. The number of rotatable bonds is 2. The Morgan fingerprint density at radius 3 is 2.27 bits per heavy atom. The number of hydrogen-bond acceptors (Lipinski definition) is 4.